The van der Waals surface area contributed by atoms with E-state index in [9.17, 15) is 4.79 Å². The Balaban J connectivity index is 0.00000137. The van der Waals surface area contributed by atoms with E-state index in [4.69, 9.17) is 11.7 Å². The van der Waals surface area contributed by atoms with Gasteiger partial charge >= 0.3 is 6.03 Å². The fourth-order valence-electron chi connectivity index (χ4n) is 1.36. The van der Waals surface area contributed by atoms with Crippen LogP contribution in [0.2, 0.25) is 0 Å². The van der Waals surface area contributed by atoms with E-state index < -0.39 is 6.03 Å². The minimum Gasteiger partial charge on any atom is -0.264 e. The Labute approximate surface area is 113 Å². The highest BCUT2D eigenvalue weighted by Gasteiger charge is 2.16. The molecule has 0 aliphatic carbocycles. The molecule has 0 saturated heterocycles. The zero-order valence-corrected chi connectivity index (χ0v) is 12.4. The third-order valence-electron chi connectivity index (χ3n) is 2.24. The molecule has 0 unspecified atom stereocenters. The van der Waals surface area contributed by atoms with Crippen molar-refractivity contribution in [2.24, 2.45) is 11.7 Å². The standard InChI is InChI=1S/C10H16N4OS.C2H6/c1-7-8(5-4-6-9(7)16-3)14(12)10(15)13(2)11;1-2/h4-6H,11-12H2,1-3H3;1-2H3. The number of rotatable bonds is 2. The zero-order valence-electron chi connectivity index (χ0n) is 11.6. The van der Waals surface area contributed by atoms with Crippen molar-refractivity contribution in [1.82, 2.24) is 5.01 Å². The van der Waals surface area contributed by atoms with Crippen molar-refractivity contribution in [3.8, 4) is 0 Å². The van der Waals surface area contributed by atoms with Crippen LogP contribution in [-0.2, 0) is 0 Å². The number of anilines is 1. The second kappa shape index (κ2) is 7.97. The van der Waals surface area contributed by atoms with E-state index in [0.29, 0.717) is 5.69 Å². The van der Waals surface area contributed by atoms with Crippen molar-refractivity contribution in [2.75, 3.05) is 18.3 Å². The van der Waals surface area contributed by atoms with Gasteiger partial charge in [0.1, 0.15) is 0 Å². The predicted molar refractivity (Wildman–Crippen MR) is 78.3 cm³/mol. The van der Waals surface area contributed by atoms with Gasteiger partial charge in [0.15, 0.2) is 0 Å². The second-order valence-corrected chi connectivity index (χ2v) is 4.22. The number of nitrogens with two attached hydrogens (primary N) is 2. The molecule has 0 atom stereocenters. The number of hydrogen-bond donors (Lipinski definition) is 2. The van der Waals surface area contributed by atoms with Gasteiger partial charge in [-0.3, -0.25) is 5.01 Å². The normalized spacial score (nSPS) is 9.28. The molecule has 5 nitrogen and oxygen atoms in total. The number of hydrogen-bond acceptors (Lipinski definition) is 4. The van der Waals surface area contributed by atoms with Crippen LogP contribution in [0.25, 0.3) is 0 Å². The number of carbonyl (C=O) groups excluding carboxylic acids is 1. The average molecular weight is 270 g/mol. The lowest BCUT2D eigenvalue weighted by Gasteiger charge is -2.23. The highest BCUT2D eigenvalue weighted by Crippen LogP contribution is 2.27. The van der Waals surface area contributed by atoms with Crippen LogP contribution in [0.15, 0.2) is 23.1 Å². The van der Waals surface area contributed by atoms with Crippen LogP contribution in [0.3, 0.4) is 0 Å². The third kappa shape index (κ3) is 3.90. The van der Waals surface area contributed by atoms with Gasteiger partial charge in [0.25, 0.3) is 0 Å². The van der Waals surface area contributed by atoms with Crippen molar-refractivity contribution in [2.45, 2.75) is 25.7 Å². The molecular formula is C12H22N4OS. The van der Waals surface area contributed by atoms with Crippen LogP contribution < -0.4 is 16.7 Å². The number of thioether (sulfide) groups is 1. The molecule has 0 radical (unpaired) electrons. The number of hydrazine groups is 2. The first-order valence-electron chi connectivity index (χ1n) is 5.69. The topological polar surface area (TPSA) is 75.6 Å². The van der Waals surface area contributed by atoms with Gasteiger partial charge in [0.05, 0.1) is 5.69 Å². The molecule has 0 saturated carbocycles. The number of urea groups is 1. The summed E-state index contributed by atoms with van der Waals surface area (Å²) >= 11 is 1.61. The minimum absolute atomic E-state index is 0.457. The van der Waals surface area contributed by atoms with Gasteiger partial charge in [0.2, 0.25) is 0 Å². The summed E-state index contributed by atoms with van der Waals surface area (Å²) in [7, 11) is 1.45. The lowest BCUT2D eigenvalue weighted by Crippen LogP contribution is -2.48. The summed E-state index contributed by atoms with van der Waals surface area (Å²) in [4.78, 5) is 12.7. The molecule has 0 aromatic heterocycles. The van der Waals surface area contributed by atoms with Crippen LogP contribution in [0.5, 0.6) is 0 Å². The first kappa shape index (κ1) is 16.8. The van der Waals surface area contributed by atoms with Crippen LogP contribution in [0.1, 0.15) is 19.4 Å². The Morgan fingerprint density at radius 3 is 2.28 bits per heavy atom. The van der Waals surface area contributed by atoms with Crippen molar-refractivity contribution < 1.29 is 4.79 Å². The van der Waals surface area contributed by atoms with Gasteiger partial charge in [-0.25, -0.2) is 21.5 Å². The maximum Gasteiger partial charge on any atom is 0.352 e. The summed E-state index contributed by atoms with van der Waals surface area (Å²) in [5.74, 6) is 11.1. The van der Waals surface area contributed by atoms with Gasteiger partial charge in [-0.15, -0.1) is 11.8 Å². The number of benzene rings is 1. The van der Waals surface area contributed by atoms with Gasteiger partial charge in [-0.05, 0) is 30.9 Å². The summed E-state index contributed by atoms with van der Waals surface area (Å²) in [6.45, 7) is 5.92. The maximum absolute atomic E-state index is 11.6. The largest absolute Gasteiger partial charge is 0.352 e. The Morgan fingerprint density at radius 1 is 1.28 bits per heavy atom. The molecule has 1 rings (SSSR count). The molecule has 1 aromatic carbocycles. The van der Waals surface area contributed by atoms with E-state index in [1.54, 1.807) is 17.8 Å². The highest BCUT2D eigenvalue weighted by atomic mass is 32.2. The molecule has 2 amide bonds. The third-order valence-corrected chi connectivity index (χ3v) is 3.12. The van der Waals surface area contributed by atoms with Crippen molar-refractivity contribution in [3.05, 3.63) is 23.8 Å². The number of carbonyl (C=O) groups is 1. The van der Waals surface area contributed by atoms with E-state index in [-0.39, 0.29) is 0 Å². The Kier molecular flexibility index (Phi) is 7.42. The van der Waals surface area contributed by atoms with Crippen LogP contribution in [0, 0.1) is 6.92 Å². The molecule has 0 bridgehead atoms. The molecular weight excluding hydrogens is 248 g/mol. The Hall–Kier alpha value is -1.24. The molecule has 18 heavy (non-hydrogen) atoms. The SMILES string of the molecule is CC.CSc1cccc(N(N)C(=O)N(C)N)c1C. The Bertz CT molecular complexity index is 396. The van der Waals surface area contributed by atoms with Gasteiger partial charge < -0.3 is 0 Å². The summed E-state index contributed by atoms with van der Waals surface area (Å²) < 4.78 is 0. The molecule has 1 aromatic rings. The monoisotopic (exact) mass is 270 g/mol. The molecule has 0 heterocycles. The molecule has 102 valence electrons. The fourth-order valence-corrected chi connectivity index (χ4v) is 1.98. The van der Waals surface area contributed by atoms with Crippen molar-refractivity contribution in [3.63, 3.8) is 0 Å². The van der Waals surface area contributed by atoms with E-state index in [2.05, 4.69) is 0 Å². The van der Waals surface area contributed by atoms with Gasteiger partial charge in [0, 0.05) is 11.9 Å². The van der Waals surface area contributed by atoms with Crippen LogP contribution in [-0.4, -0.2) is 24.3 Å². The molecule has 0 aliphatic rings. The number of amides is 2. The molecule has 4 N–H and O–H groups in total. The lowest BCUT2D eigenvalue weighted by atomic mass is 10.2. The summed E-state index contributed by atoms with van der Waals surface area (Å²) in [6, 6.07) is 5.17. The Morgan fingerprint density at radius 2 is 1.83 bits per heavy atom. The van der Waals surface area contributed by atoms with E-state index in [1.807, 2.05) is 39.2 Å². The van der Waals surface area contributed by atoms with Crippen molar-refractivity contribution in [1.29, 1.82) is 0 Å². The molecule has 0 fully saturated rings. The first-order valence-corrected chi connectivity index (χ1v) is 6.92. The quantitative estimate of drug-likeness (QED) is 0.374. The minimum atomic E-state index is -0.457. The number of nitrogens with zero attached hydrogens (tertiary/aromatic N) is 2. The molecule has 6 heteroatoms. The summed E-state index contributed by atoms with van der Waals surface area (Å²) in [5.41, 5.74) is 1.63. The molecule has 0 aliphatic heterocycles. The van der Waals surface area contributed by atoms with Gasteiger partial charge in [-0.2, -0.15) is 0 Å². The van der Waals surface area contributed by atoms with Crippen LogP contribution >= 0.6 is 11.8 Å². The summed E-state index contributed by atoms with van der Waals surface area (Å²) in [6.07, 6.45) is 1.98. The smallest absolute Gasteiger partial charge is 0.264 e. The fraction of sp³-hybridized carbons (Fsp3) is 0.417. The second-order valence-electron chi connectivity index (χ2n) is 3.37. The predicted octanol–water partition coefficient (Wildman–Crippen LogP) is 2.35. The van der Waals surface area contributed by atoms with E-state index >= 15 is 0 Å². The lowest BCUT2D eigenvalue weighted by molar-refractivity contribution is 0.216. The average Bonchev–Trinajstić information content (AvgIpc) is 2.39. The summed E-state index contributed by atoms with van der Waals surface area (Å²) in [5, 5.41) is 2.00. The zero-order chi connectivity index (χ0) is 14.3. The van der Waals surface area contributed by atoms with E-state index in [0.717, 1.165) is 20.5 Å². The maximum atomic E-state index is 11.6. The molecule has 0 spiro atoms. The van der Waals surface area contributed by atoms with E-state index in [1.165, 1.54) is 7.05 Å². The van der Waals surface area contributed by atoms with Crippen LogP contribution in [0.4, 0.5) is 10.5 Å². The highest BCUT2D eigenvalue weighted by molar-refractivity contribution is 7.98. The van der Waals surface area contributed by atoms with Gasteiger partial charge in [-0.1, -0.05) is 19.9 Å². The van der Waals surface area contributed by atoms with Crippen molar-refractivity contribution >= 4 is 23.5 Å². The first-order chi connectivity index (χ1) is 8.49.